The predicted molar refractivity (Wildman–Crippen MR) is 134 cm³/mol. The molecule has 2 heterocycles. The summed E-state index contributed by atoms with van der Waals surface area (Å²) in [6.07, 6.45) is -0.361. The smallest absolute Gasteiger partial charge is 0.409 e. The van der Waals surface area contributed by atoms with E-state index in [1.807, 2.05) is 32.9 Å². The third-order valence-corrected chi connectivity index (χ3v) is 6.24. The summed E-state index contributed by atoms with van der Waals surface area (Å²) in [4.78, 5) is 26.6. The normalized spacial score (nSPS) is 20.3. The van der Waals surface area contributed by atoms with Crippen LogP contribution in [0.25, 0.3) is 0 Å². The van der Waals surface area contributed by atoms with Crippen molar-refractivity contribution in [3.63, 3.8) is 0 Å². The molecule has 9 heteroatoms. The molecule has 4 rings (SSSR count). The SMILES string of the molecule is CCOC(=O)N1CCC(Oc2ccc(NC(=O)C3Oc4c(ccc(OCC)c4OCC)C3C)cc2)C1. The van der Waals surface area contributed by atoms with E-state index < -0.39 is 6.10 Å². The molecule has 9 nitrogen and oxygen atoms in total. The van der Waals surface area contributed by atoms with Crippen LogP contribution in [0.2, 0.25) is 0 Å². The zero-order valence-corrected chi connectivity index (χ0v) is 21.2. The molecule has 1 fully saturated rings. The van der Waals surface area contributed by atoms with Gasteiger partial charge < -0.3 is 33.9 Å². The van der Waals surface area contributed by atoms with Crippen molar-refractivity contribution in [2.24, 2.45) is 0 Å². The second-order valence-electron chi connectivity index (χ2n) is 8.69. The summed E-state index contributed by atoms with van der Waals surface area (Å²) in [7, 11) is 0. The molecule has 3 atom stereocenters. The van der Waals surface area contributed by atoms with Crippen LogP contribution in [-0.4, -0.2) is 62.0 Å². The fourth-order valence-electron chi connectivity index (χ4n) is 4.49. The summed E-state index contributed by atoms with van der Waals surface area (Å²) in [6.45, 7) is 9.97. The summed E-state index contributed by atoms with van der Waals surface area (Å²) in [5, 5.41) is 2.94. The largest absolute Gasteiger partial charge is 0.490 e. The van der Waals surface area contributed by atoms with Gasteiger partial charge in [-0.25, -0.2) is 4.79 Å². The van der Waals surface area contributed by atoms with Crippen molar-refractivity contribution in [1.82, 2.24) is 4.90 Å². The van der Waals surface area contributed by atoms with Gasteiger partial charge in [-0.05, 0) is 51.1 Å². The maximum Gasteiger partial charge on any atom is 0.409 e. The van der Waals surface area contributed by atoms with Gasteiger partial charge >= 0.3 is 6.09 Å². The number of nitrogens with one attached hydrogen (secondary N) is 1. The highest BCUT2D eigenvalue weighted by atomic mass is 16.6. The van der Waals surface area contributed by atoms with Crippen molar-refractivity contribution in [3.05, 3.63) is 42.0 Å². The molecule has 0 saturated carbocycles. The second-order valence-corrected chi connectivity index (χ2v) is 8.69. The molecule has 1 saturated heterocycles. The minimum atomic E-state index is -0.695. The molecule has 0 aliphatic carbocycles. The molecule has 2 aliphatic rings. The molecule has 2 aliphatic heterocycles. The van der Waals surface area contributed by atoms with Gasteiger partial charge in [0, 0.05) is 30.1 Å². The number of likely N-dealkylation sites (tertiary alicyclic amines) is 1. The standard InChI is InChI=1S/C27H34N2O7/c1-5-32-22-13-12-21-17(4)23(36-24(21)25(22)33-6-2)26(30)28-18-8-10-19(11-9-18)35-20-14-15-29(16-20)27(31)34-7-3/h8-13,17,20,23H,5-7,14-16H2,1-4H3,(H,28,30). The number of carbonyl (C=O) groups is 2. The zero-order chi connectivity index (χ0) is 25.7. The van der Waals surface area contributed by atoms with Crippen molar-refractivity contribution < 1.29 is 33.3 Å². The van der Waals surface area contributed by atoms with Crippen LogP contribution < -0.4 is 24.3 Å². The first-order valence-corrected chi connectivity index (χ1v) is 12.5. The number of nitrogens with zero attached hydrogens (tertiary/aromatic N) is 1. The van der Waals surface area contributed by atoms with E-state index in [2.05, 4.69) is 5.32 Å². The Bertz CT molecular complexity index is 1070. The Labute approximate surface area is 211 Å². The Morgan fingerprint density at radius 2 is 1.78 bits per heavy atom. The fourth-order valence-corrected chi connectivity index (χ4v) is 4.49. The molecule has 0 bridgehead atoms. The van der Waals surface area contributed by atoms with E-state index >= 15 is 0 Å². The van der Waals surface area contributed by atoms with E-state index in [4.69, 9.17) is 23.7 Å². The summed E-state index contributed by atoms with van der Waals surface area (Å²) in [6, 6.07) is 11.0. The van der Waals surface area contributed by atoms with Crippen molar-refractivity contribution in [2.75, 3.05) is 38.2 Å². The van der Waals surface area contributed by atoms with E-state index in [1.165, 1.54) is 0 Å². The number of carbonyl (C=O) groups excluding carboxylic acids is 2. The number of ether oxygens (including phenoxy) is 5. The first-order chi connectivity index (χ1) is 17.4. The number of anilines is 1. The van der Waals surface area contributed by atoms with Crippen LogP contribution in [0.15, 0.2) is 36.4 Å². The maximum absolute atomic E-state index is 13.1. The quantitative estimate of drug-likeness (QED) is 0.540. The summed E-state index contributed by atoms with van der Waals surface area (Å²) in [5.74, 6) is 1.98. The van der Waals surface area contributed by atoms with Crippen molar-refractivity contribution >= 4 is 17.7 Å². The molecule has 194 valence electrons. The van der Waals surface area contributed by atoms with Crippen LogP contribution in [0.3, 0.4) is 0 Å². The highest BCUT2D eigenvalue weighted by Gasteiger charge is 2.39. The molecule has 3 unspecified atom stereocenters. The van der Waals surface area contributed by atoms with Gasteiger partial charge in [0.25, 0.3) is 5.91 Å². The van der Waals surface area contributed by atoms with Crippen LogP contribution in [0.1, 0.15) is 45.6 Å². The molecule has 1 N–H and O–H groups in total. The molecule has 0 radical (unpaired) electrons. The van der Waals surface area contributed by atoms with Gasteiger partial charge in [-0.2, -0.15) is 0 Å². The Morgan fingerprint density at radius 1 is 1.03 bits per heavy atom. The highest BCUT2D eigenvalue weighted by molar-refractivity contribution is 5.96. The van der Waals surface area contributed by atoms with Crippen LogP contribution in [0, 0.1) is 0 Å². The van der Waals surface area contributed by atoms with Crippen LogP contribution in [0.4, 0.5) is 10.5 Å². The lowest BCUT2D eigenvalue weighted by Gasteiger charge is -2.17. The van der Waals surface area contributed by atoms with E-state index in [0.29, 0.717) is 61.6 Å². The molecule has 0 aromatic heterocycles. The minimum absolute atomic E-state index is 0.0952. The number of hydrogen-bond donors (Lipinski definition) is 1. The first kappa shape index (κ1) is 25.5. The van der Waals surface area contributed by atoms with Gasteiger partial charge in [0.05, 0.1) is 26.4 Å². The van der Waals surface area contributed by atoms with Crippen molar-refractivity contribution in [3.8, 4) is 23.0 Å². The number of amides is 2. The zero-order valence-electron chi connectivity index (χ0n) is 21.2. The Kier molecular flexibility index (Phi) is 8.07. The summed E-state index contributed by atoms with van der Waals surface area (Å²) < 4.78 is 28.6. The molecule has 2 aromatic carbocycles. The number of hydrogen-bond acceptors (Lipinski definition) is 7. The van der Waals surface area contributed by atoms with E-state index in [9.17, 15) is 9.59 Å². The second kappa shape index (κ2) is 11.4. The lowest BCUT2D eigenvalue weighted by molar-refractivity contribution is -0.122. The Hall–Kier alpha value is -3.62. The maximum atomic E-state index is 13.1. The molecule has 2 aromatic rings. The Morgan fingerprint density at radius 3 is 2.47 bits per heavy atom. The Balaban J connectivity index is 1.36. The molecular weight excluding hydrogens is 464 g/mol. The fraction of sp³-hybridized carbons (Fsp3) is 0.481. The van der Waals surface area contributed by atoms with Crippen LogP contribution in [0.5, 0.6) is 23.0 Å². The van der Waals surface area contributed by atoms with Crippen LogP contribution >= 0.6 is 0 Å². The predicted octanol–water partition coefficient (Wildman–Crippen LogP) is 4.60. The van der Waals surface area contributed by atoms with E-state index in [1.54, 1.807) is 36.1 Å². The van der Waals surface area contributed by atoms with Crippen LogP contribution in [-0.2, 0) is 9.53 Å². The first-order valence-electron chi connectivity index (χ1n) is 12.5. The number of fused-ring (bicyclic) bond motifs is 1. The highest BCUT2D eigenvalue weighted by Crippen LogP contribution is 2.49. The van der Waals surface area contributed by atoms with Gasteiger partial charge in [0.15, 0.2) is 17.6 Å². The third-order valence-electron chi connectivity index (χ3n) is 6.24. The number of rotatable bonds is 9. The topological polar surface area (TPSA) is 95.6 Å². The van der Waals surface area contributed by atoms with Gasteiger partial charge in [0.2, 0.25) is 5.75 Å². The molecular formula is C27H34N2O7. The molecule has 2 amide bonds. The molecule has 36 heavy (non-hydrogen) atoms. The average molecular weight is 499 g/mol. The lowest BCUT2D eigenvalue weighted by Crippen LogP contribution is -2.33. The van der Waals surface area contributed by atoms with E-state index in [-0.39, 0.29) is 24.0 Å². The summed E-state index contributed by atoms with van der Waals surface area (Å²) >= 11 is 0. The lowest BCUT2D eigenvalue weighted by atomic mass is 9.96. The minimum Gasteiger partial charge on any atom is -0.490 e. The van der Waals surface area contributed by atoms with Gasteiger partial charge in [-0.3, -0.25) is 4.79 Å². The van der Waals surface area contributed by atoms with Crippen molar-refractivity contribution in [1.29, 1.82) is 0 Å². The van der Waals surface area contributed by atoms with Gasteiger partial charge in [-0.1, -0.05) is 13.0 Å². The average Bonchev–Trinajstić information content (AvgIpc) is 3.47. The van der Waals surface area contributed by atoms with Gasteiger partial charge in [-0.15, -0.1) is 0 Å². The van der Waals surface area contributed by atoms with E-state index in [0.717, 1.165) is 12.0 Å². The summed E-state index contributed by atoms with van der Waals surface area (Å²) in [5.41, 5.74) is 1.55. The third kappa shape index (κ3) is 5.45. The monoisotopic (exact) mass is 498 g/mol. The van der Waals surface area contributed by atoms with Crippen molar-refractivity contribution in [2.45, 2.75) is 52.2 Å². The number of benzene rings is 2. The van der Waals surface area contributed by atoms with Gasteiger partial charge in [0.1, 0.15) is 11.9 Å². The molecule has 0 spiro atoms.